The third-order valence-corrected chi connectivity index (χ3v) is 4.30. The molecular formula is C22H36N2O6. The van der Waals surface area contributed by atoms with Crippen LogP contribution in [-0.2, 0) is 19.1 Å². The Kier molecular flexibility index (Phi) is 7.51. The Labute approximate surface area is 179 Å². The number of rotatable bonds is 4. The second kappa shape index (κ2) is 8.78. The highest BCUT2D eigenvalue weighted by Crippen LogP contribution is 2.34. The molecule has 1 fully saturated rings. The van der Waals surface area contributed by atoms with E-state index < -0.39 is 46.7 Å². The molecule has 0 aromatic rings. The summed E-state index contributed by atoms with van der Waals surface area (Å²) in [5.74, 6) is -1.75. The molecule has 30 heavy (non-hydrogen) atoms. The highest BCUT2D eigenvalue weighted by Gasteiger charge is 2.63. The molecule has 1 heterocycles. The van der Waals surface area contributed by atoms with Crippen molar-refractivity contribution in [1.82, 2.24) is 10.2 Å². The summed E-state index contributed by atoms with van der Waals surface area (Å²) in [6, 6.07) is -1.06. The topological polar surface area (TPSA) is 102 Å². The molecule has 0 saturated carbocycles. The molecule has 170 valence electrons. The van der Waals surface area contributed by atoms with Gasteiger partial charge in [0.05, 0.1) is 0 Å². The molecule has 8 nitrogen and oxygen atoms in total. The van der Waals surface area contributed by atoms with E-state index in [1.807, 2.05) is 13.8 Å². The van der Waals surface area contributed by atoms with Crippen LogP contribution in [0.1, 0.15) is 75.7 Å². The Morgan fingerprint density at radius 2 is 1.57 bits per heavy atom. The summed E-state index contributed by atoms with van der Waals surface area (Å²) >= 11 is 0. The summed E-state index contributed by atoms with van der Waals surface area (Å²) in [6.45, 7) is 17.2. The van der Waals surface area contributed by atoms with E-state index in [1.54, 1.807) is 61.5 Å². The molecule has 0 spiro atoms. The van der Waals surface area contributed by atoms with Crippen LogP contribution in [0.25, 0.3) is 0 Å². The first-order valence-corrected chi connectivity index (χ1v) is 10.2. The Balaban J connectivity index is 3.49. The number of hydrogen-bond acceptors (Lipinski definition) is 6. The van der Waals surface area contributed by atoms with Crippen LogP contribution in [-0.4, -0.2) is 51.6 Å². The molecule has 8 heteroatoms. The van der Waals surface area contributed by atoms with Gasteiger partial charge in [-0.15, -0.1) is 0 Å². The molecule has 1 rings (SSSR count). The van der Waals surface area contributed by atoms with Crippen molar-refractivity contribution in [2.24, 2.45) is 5.92 Å². The third kappa shape index (κ3) is 6.06. The normalized spacial score (nSPS) is 22.2. The van der Waals surface area contributed by atoms with Crippen LogP contribution in [0.2, 0.25) is 0 Å². The molecule has 1 aliphatic rings. The molecule has 2 atom stereocenters. The Morgan fingerprint density at radius 3 is 1.97 bits per heavy atom. The van der Waals surface area contributed by atoms with Crippen molar-refractivity contribution < 1.29 is 28.7 Å². The zero-order valence-electron chi connectivity index (χ0n) is 19.8. The van der Waals surface area contributed by atoms with Crippen LogP contribution >= 0.6 is 0 Å². The average molecular weight is 425 g/mol. The smallest absolute Gasteiger partial charge is 0.417 e. The molecule has 0 aliphatic carbocycles. The standard InChI is InChI=1S/C22H36N2O6/c1-13(2)11-12-22(23-18(27)29-20(5,6)7)16(25)15(14(3)4)24(17(22)26)19(28)30-21(8,9)10/h11,14-15H,12H2,1-10H3,(H,23,27)/t15-,22?/m1/s1. The lowest BCUT2D eigenvalue weighted by Gasteiger charge is -2.29. The molecule has 1 unspecified atom stereocenters. The average Bonchev–Trinajstić information content (AvgIpc) is 2.71. The van der Waals surface area contributed by atoms with E-state index in [4.69, 9.17) is 9.47 Å². The lowest BCUT2D eigenvalue weighted by molar-refractivity contribution is -0.134. The maximum absolute atomic E-state index is 13.5. The first-order valence-electron chi connectivity index (χ1n) is 10.2. The Hall–Kier alpha value is -2.38. The highest BCUT2D eigenvalue weighted by molar-refractivity contribution is 6.24. The first kappa shape index (κ1) is 25.7. The van der Waals surface area contributed by atoms with Crippen molar-refractivity contribution in [3.63, 3.8) is 0 Å². The summed E-state index contributed by atoms with van der Waals surface area (Å²) in [6.07, 6.45) is -0.220. The number of alkyl carbamates (subject to hydrolysis) is 1. The fraction of sp³-hybridized carbons (Fsp3) is 0.727. The molecule has 0 radical (unpaired) electrons. The summed E-state index contributed by atoms with van der Waals surface area (Å²) in [5, 5.41) is 2.48. The van der Waals surface area contributed by atoms with Crippen LogP contribution in [0.3, 0.4) is 0 Å². The number of hydrogen-bond donors (Lipinski definition) is 1. The summed E-state index contributed by atoms with van der Waals surface area (Å²) in [5.41, 5.74) is -2.76. The predicted molar refractivity (Wildman–Crippen MR) is 113 cm³/mol. The third-order valence-electron chi connectivity index (χ3n) is 4.30. The van der Waals surface area contributed by atoms with Gasteiger partial charge >= 0.3 is 12.2 Å². The number of Topliss-reactive ketones (excluding diaryl/α,β-unsaturated/α-hetero) is 1. The van der Waals surface area contributed by atoms with Gasteiger partial charge in [-0.1, -0.05) is 25.5 Å². The monoisotopic (exact) mass is 424 g/mol. The fourth-order valence-corrected chi connectivity index (χ4v) is 3.10. The zero-order valence-corrected chi connectivity index (χ0v) is 19.8. The van der Waals surface area contributed by atoms with E-state index in [1.165, 1.54) is 0 Å². The van der Waals surface area contributed by atoms with Gasteiger partial charge in [-0.25, -0.2) is 14.5 Å². The summed E-state index contributed by atoms with van der Waals surface area (Å²) in [7, 11) is 0. The second-order valence-electron chi connectivity index (χ2n) is 10.2. The van der Waals surface area contributed by atoms with E-state index in [0.29, 0.717) is 0 Å². The molecule has 0 aromatic heterocycles. The van der Waals surface area contributed by atoms with Gasteiger partial charge in [-0.05, 0) is 61.3 Å². The van der Waals surface area contributed by atoms with E-state index in [0.717, 1.165) is 10.5 Å². The van der Waals surface area contributed by atoms with Crippen molar-refractivity contribution in [2.75, 3.05) is 0 Å². The van der Waals surface area contributed by atoms with E-state index in [-0.39, 0.29) is 12.3 Å². The Bertz CT molecular complexity index is 738. The molecule has 3 amide bonds. The number of carbonyl (C=O) groups excluding carboxylic acids is 4. The number of imide groups is 1. The van der Waals surface area contributed by atoms with Crippen LogP contribution in [0.5, 0.6) is 0 Å². The Morgan fingerprint density at radius 1 is 1.07 bits per heavy atom. The van der Waals surface area contributed by atoms with Gasteiger partial charge in [0.15, 0.2) is 11.3 Å². The minimum absolute atomic E-state index is 0.0885. The number of nitrogens with one attached hydrogen (secondary N) is 1. The quantitative estimate of drug-likeness (QED) is 0.541. The summed E-state index contributed by atoms with van der Waals surface area (Å²) in [4.78, 5) is 53.2. The van der Waals surface area contributed by atoms with Gasteiger partial charge in [-0.2, -0.15) is 0 Å². The number of nitrogens with zero attached hydrogens (tertiary/aromatic N) is 1. The minimum Gasteiger partial charge on any atom is -0.444 e. The lowest BCUT2D eigenvalue weighted by atomic mass is 9.86. The van der Waals surface area contributed by atoms with Crippen molar-refractivity contribution in [2.45, 2.75) is 98.4 Å². The zero-order chi connectivity index (χ0) is 23.7. The van der Waals surface area contributed by atoms with Crippen LogP contribution in [0.15, 0.2) is 11.6 Å². The first-order chi connectivity index (χ1) is 13.4. The van der Waals surface area contributed by atoms with E-state index >= 15 is 0 Å². The van der Waals surface area contributed by atoms with Crippen molar-refractivity contribution in [3.05, 3.63) is 11.6 Å². The lowest BCUT2D eigenvalue weighted by Crippen LogP contribution is -2.59. The minimum atomic E-state index is -1.94. The van der Waals surface area contributed by atoms with Gasteiger partial charge in [-0.3, -0.25) is 14.9 Å². The number of ketones is 1. The number of allylic oxidation sites excluding steroid dienone is 1. The van der Waals surface area contributed by atoms with Gasteiger partial charge in [0.25, 0.3) is 5.91 Å². The van der Waals surface area contributed by atoms with Crippen LogP contribution in [0, 0.1) is 5.92 Å². The maximum Gasteiger partial charge on any atom is 0.417 e. The van der Waals surface area contributed by atoms with Gasteiger partial charge in [0.2, 0.25) is 0 Å². The molecular weight excluding hydrogens is 388 g/mol. The second-order valence-corrected chi connectivity index (χ2v) is 10.2. The van der Waals surface area contributed by atoms with Gasteiger partial charge < -0.3 is 9.47 Å². The largest absolute Gasteiger partial charge is 0.444 e. The number of amides is 3. The molecule has 1 aliphatic heterocycles. The molecule has 1 saturated heterocycles. The van der Waals surface area contributed by atoms with E-state index in [2.05, 4.69) is 5.32 Å². The molecule has 1 N–H and O–H groups in total. The number of likely N-dealkylation sites (tertiary alicyclic amines) is 1. The van der Waals surface area contributed by atoms with Crippen LogP contribution < -0.4 is 5.32 Å². The number of carbonyl (C=O) groups is 4. The van der Waals surface area contributed by atoms with Crippen molar-refractivity contribution >= 4 is 23.9 Å². The van der Waals surface area contributed by atoms with Gasteiger partial charge in [0.1, 0.15) is 17.2 Å². The van der Waals surface area contributed by atoms with Crippen LogP contribution in [0.4, 0.5) is 9.59 Å². The van der Waals surface area contributed by atoms with Crippen molar-refractivity contribution in [3.8, 4) is 0 Å². The molecule has 0 bridgehead atoms. The highest BCUT2D eigenvalue weighted by atomic mass is 16.6. The fourth-order valence-electron chi connectivity index (χ4n) is 3.10. The maximum atomic E-state index is 13.5. The van der Waals surface area contributed by atoms with Crippen molar-refractivity contribution in [1.29, 1.82) is 0 Å². The molecule has 0 aromatic carbocycles. The SMILES string of the molecule is CC(C)=CCC1(NC(=O)OC(C)(C)C)C(=O)[C@@H](C(C)C)N(C(=O)OC(C)(C)C)C1=O. The van der Waals surface area contributed by atoms with E-state index in [9.17, 15) is 19.2 Å². The number of ether oxygens (including phenoxy) is 2. The van der Waals surface area contributed by atoms with Gasteiger partial charge in [0, 0.05) is 6.42 Å². The summed E-state index contributed by atoms with van der Waals surface area (Å²) < 4.78 is 10.7. The predicted octanol–water partition coefficient (Wildman–Crippen LogP) is 3.98.